The zero-order valence-electron chi connectivity index (χ0n) is 12.5. The van der Waals surface area contributed by atoms with Gasteiger partial charge in [0.15, 0.2) is 0 Å². The van der Waals surface area contributed by atoms with Gasteiger partial charge in [-0.05, 0) is 31.2 Å². The van der Waals surface area contributed by atoms with Crippen molar-refractivity contribution in [1.82, 2.24) is 0 Å². The van der Waals surface area contributed by atoms with Crippen LogP contribution in [0.1, 0.15) is 51.0 Å². The van der Waals surface area contributed by atoms with Crippen molar-refractivity contribution < 1.29 is 14.3 Å². The van der Waals surface area contributed by atoms with Gasteiger partial charge in [-0.15, -0.1) is 0 Å². The summed E-state index contributed by atoms with van der Waals surface area (Å²) in [5, 5.41) is 0. The zero-order chi connectivity index (χ0) is 14.5. The molecule has 1 rings (SSSR count). The predicted octanol–water partition coefficient (Wildman–Crippen LogP) is 4.74. The fraction of sp³-hybridized carbons (Fsp3) is 0.588. The molecule has 0 heterocycles. The van der Waals surface area contributed by atoms with Gasteiger partial charge in [-0.25, -0.2) is 4.79 Å². The smallest absolute Gasteiger partial charge is 0.434 e. The molecule has 0 aliphatic heterocycles. The van der Waals surface area contributed by atoms with Crippen LogP contribution in [0.25, 0.3) is 0 Å². The van der Waals surface area contributed by atoms with Gasteiger partial charge in [0.05, 0.1) is 13.2 Å². The summed E-state index contributed by atoms with van der Waals surface area (Å²) < 4.78 is 9.78. The molecule has 0 atom stereocenters. The minimum atomic E-state index is -0.532. The van der Waals surface area contributed by atoms with Gasteiger partial charge in [0.1, 0.15) is 0 Å². The van der Waals surface area contributed by atoms with Gasteiger partial charge < -0.3 is 9.47 Å². The third kappa shape index (κ3) is 8.57. The molecule has 0 fully saturated rings. The van der Waals surface area contributed by atoms with Gasteiger partial charge in [0.25, 0.3) is 0 Å². The maximum Gasteiger partial charge on any atom is 0.508 e. The summed E-state index contributed by atoms with van der Waals surface area (Å²) in [5.41, 5.74) is 1.41. The second-order valence-corrected chi connectivity index (χ2v) is 4.95. The number of unbranched alkanes of at least 4 members (excludes halogenated alkanes) is 4. The van der Waals surface area contributed by atoms with Crippen LogP contribution in [0.4, 0.5) is 4.79 Å². The van der Waals surface area contributed by atoms with Crippen LogP contribution >= 0.6 is 0 Å². The van der Waals surface area contributed by atoms with Gasteiger partial charge in [-0.1, -0.05) is 56.5 Å². The summed E-state index contributed by atoms with van der Waals surface area (Å²) in [5.74, 6) is 0. The molecule has 0 amide bonds. The maximum absolute atomic E-state index is 11.0. The molecule has 3 heteroatoms. The van der Waals surface area contributed by atoms with E-state index in [1.807, 2.05) is 6.92 Å². The highest BCUT2D eigenvalue weighted by Gasteiger charge is 2.01. The van der Waals surface area contributed by atoms with Crippen LogP contribution < -0.4 is 0 Å². The van der Waals surface area contributed by atoms with Crippen LogP contribution in [0, 0.1) is 0 Å². The van der Waals surface area contributed by atoms with E-state index >= 15 is 0 Å². The Hall–Kier alpha value is -1.51. The highest BCUT2D eigenvalue weighted by atomic mass is 16.7. The molecular weight excluding hydrogens is 252 g/mol. The van der Waals surface area contributed by atoms with Crippen LogP contribution in [0.5, 0.6) is 0 Å². The van der Waals surface area contributed by atoms with Gasteiger partial charge in [0.2, 0.25) is 0 Å². The average Bonchev–Trinajstić information content (AvgIpc) is 2.49. The first-order chi connectivity index (χ1) is 9.83. The monoisotopic (exact) mass is 278 g/mol. The molecule has 1 aromatic rings. The number of benzene rings is 1. The van der Waals surface area contributed by atoms with Crippen molar-refractivity contribution in [2.75, 3.05) is 13.2 Å². The quantitative estimate of drug-likeness (QED) is 0.458. The van der Waals surface area contributed by atoms with E-state index in [1.165, 1.54) is 24.8 Å². The van der Waals surface area contributed by atoms with Crippen LogP contribution in [0.3, 0.4) is 0 Å². The lowest BCUT2D eigenvalue weighted by molar-refractivity contribution is 0.0542. The molecular formula is C17H26O3. The third-order valence-electron chi connectivity index (χ3n) is 3.10. The van der Waals surface area contributed by atoms with Crippen LogP contribution in [0.15, 0.2) is 30.3 Å². The van der Waals surface area contributed by atoms with Crippen LogP contribution in [-0.2, 0) is 15.9 Å². The SMILES string of the molecule is CCCOC(=O)OCCCCCCCc1ccccc1. The van der Waals surface area contributed by atoms with Crippen molar-refractivity contribution in [1.29, 1.82) is 0 Å². The molecule has 0 saturated carbocycles. The molecule has 0 N–H and O–H groups in total. The predicted molar refractivity (Wildman–Crippen MR) is 80.8 cm³/mol. The molecule has 0 radical (unpaired) electrons. The molecule has 0 aromatic heterocycles. The second-order valence-electron chi connectivity index (χ2n) is 4.95. The number of hydrogen-bond donors (Lipinski definition) is 0. The number of carbonyl (C=O) groups excluding carboxylic acids is 1. The van der Waals surface area contributed by atoms with E-state index in [0.717, 1.165) is 25.7 Å². The topological polar surface area (TPSA) is 35.5 Å². The molecule has 112 valence electrons. The van der Waals surface area contributed by atoms with Gasteiger partial charge >= 0.3 is 6.16 Å². The summed E-state index contributed by atoms with van der Waals surface area (Å²) in [4.78, 5) is 11.0. The summed E-state index contributed by atoms with van der Waals surface area (Å²) in [6, 6.07) is 10.6. The minimum absolute atomic E-state index is 0.443. The van der Waals surface area contributed by atoms with E-state index < -0.39 is 6.16 Å². The van der Waals surface area contributed by atoms with Crippen LogP contribution in [-0.4, -0.2) is 19.4 Å². The van der Waals surface area contributed by atoms with Crippen molar-refractivity contribution in [2.24, 2.45) is 0 Å². The Bertz CT molecular complexity index is 349. The summed E-state index contributed by atoms with van der Waals surface area (Å²) in [7, 11) is 0. The van der Waals surface area contributed by atoms with Crippen molar-refractivity contribution in [2.45, 2.75) is 51.9 Å². The fourth-order valence-corrected chi connectivity index (χ4v) is 1.99. The Morgan fingerprint density at radius 1 is 0.900 bits per heavy atom. The second kappa shape index (κ2) is 11.3. The molecule has 0 unspecified atom stereocenters. The lowest BCUT2D eigenvalue weighted by Crippen LogP contribution is -2.08. The van der Waals surface area contributed by atoms with Gasteiger partial charge in [0, 0.05) is 0 Å². The Kier molecular flexibility index (Phi) is 9.37. The third-order valence-corrected chi connectivity index (χ3v) is 3.10. The molecule has 3 nitrogen and oxygen atoms in total. The zero-order valence-corrected chi connectivity index (χ0v) is 12.5. The fourth-order valence-electron chi connectivity index (χ4n) is 1.99. The van der Waals surface area contributed by atoms with Crippen molar-refractivity contribution in [3.63, 3.8) is 0 Å². The standard InChI is InChI=1S/C17H26O3/c1-2-14-19-17(18)20-15-10-5-3-4-7-11-16-12-8-6-9-13-16/h6,8-9,12-13H,2-5,7,10-11,14-15H2,1H3. The molecule has 1 aromatic carbocycles. The Balaban J connectivity index is 1.86. The van der Waals surface area contributed by atoms with Gasteiger partial charge in [-0.3, -0.25) is 0 Å². The summed E-state index contributed by atoms with van der Waals surface area (Å²) in [6.07, 6.45) is 7.13. The van der Waals surface area contributed by atoms with Crippen molar-refractivity contribution in [3.05, 3.63) is 35.9 Å². The largest absolute Gasteiger partial charge is 0.508 e. The maximum atomic E-state index is 11.0. The van der Waals surface area contributed by atoms with E-state index in [9.17, 15) is 4.79 Å². The summed E-state index contributed by atoms with van der Waals surface area (Å²) in [6.45, 7) is 2.88. The minimum Gasteiger partial charge on any atom is -0.434 e. The number of hydrogen-bond acceptors (Lipinski definition) is 3. The Labute approximate surface area is 122 Å². The van der Waals surface area contributed by atoms with E-state index in [-0.39, 0.29) is 0 Å². The molecule has 0 bridgehead atoms. The first kappa shape index (κ1) is 16.5. The van der Waals surface area contributed by atoms with E-state index in [0.29, 0.717) is 13.2 Å². The van der Waals surface area contributed by atoms with Gasteiger partial charge in [-0.2, -0.15) is 0 Å². The number of rotatable bonds is 10. The van der Waals surface area contributed by atoms with Crippen LogP contribution in [0.2, 0.25) is 0 Å². The molecule has 0 spiro atoms. The summed E-state index contributed by atoms with van der Waals surface area (Å²) >= 11 is 0. The lowest BCUT2D eigenvalue weighted by Gasteiger charge is -2.05. The normalized spacial score (nSPS) is 10.2. The van der Waals surface area contributed by atoms with E-state index in [2.05, 4.69) is 30.3 Å². The lowest BCUT2D eigenvalue weighted by atomic mass is 10.1. The molecule has 20 heavy (non-hydrogen) atoms. The first-order valence-corrected chi connectivity index (χ1v) is 7.66. The van der Waals surface area contributed by atoms with Crippen molar-refractivity contribution >= 4 is 6.16 Å². The van der Waals surface area contributed by atoms with E-state index in [4.69, 9.17) is 9.47 Å². The highest BCUT2D eigenvalue weighted by Crippen LogP contribution is 2.08. The number of aryl methyl sites for hydroxylation is 1. The molecule has 0 aliphatic rings. The molecule has 0 saturated heterocycles. The van der Waals surface area contributed by atoms with Crippen molar-refractivity contribution in [3.8, 4) is 0 Å². The van der Waals surface area contributed by atoms with E-state index in [1.54, 1.807) is 0 Å². The highest BCUT2D eigenvalue weighted by molar-refractivity contribution is 5.59. The Morgan fingerprint density at radius 3 is 2.30 bits per heavy atom. The Morgan fingerprint density at radius 2 is 1.55 bits per heavy atom. The molecule has 0 aliphatic carbocycles. The average molecular weight is 278 g/mol. The number of carbonyl (C=O) groups is 1. The first-order valence-electron chi connectivity index (χ1n) is 7.66. The number of ether oxygens (including phenoxy) is 2.